The van der Waals surface area contributed by atoms with Gasteiger partial charge in [-0.3, -0.25) is 9.59 Å². The zero-order valence-corrected chi connectivity index (χ0v) is 32.2. The van der Waals surface area contributed by atoms with E-state index in [0.717, 1.165) is 57.6 Å². The third-order valence-electron chi connectivity index (χ3n) is 12.5. The van der Waals surface area contributed by atoms with Crippen LogP contribution in [0.25, 0.3) is 0 Å². The fourth-order valence-corrected chi connectivity index (χ4v) is 9.27. The molecule has 292 valence electrons. The van der Waals surface area contributed by atoms with E-state index in [0.29, 0.717) is 24.2 Å². The summed E-state index contributed by atoms with van der Waals surface area (Å²) >= 11 is 0. The van der Waals surface area contributed by atoms with Gasteiger partial charge in [-0.15, -0.1) is 0 Å². The number of hydrogen-bond acceptors (Lipinski definition) is 6. The Kier molecular flexibility index (Phi) is 9.14. The molecule has 0 unspecified atom stereocenters. The molecule has 0 saturated heterocycles. The van der Waals surface area contributed by atoms with E-state index >= 15 is 0 Å². The first-order valence-corrected chi connectivity index (χ1v) is 19.6. The van der Waals surface area contributed by atoms with Gasteiger partial charge in [-0.1, -0.05) is 84.9 Å². The number of nitriles is 2. The number of rotatable bonds is 8. The van der Waals surface area contributed by atoms with E-state index in [2.05, 4.69) is 12.1 Å². The van der Waals surface area contributed by atoms with Gasteiger partial charge in [0, 0.05) is 23.2 Å². The SMILES string of the molecule is N#Cc1ccc([C@@H]2C[C@@]23C(=O)N(Cc2ccc(C(=O)O)cc2)c2ccccc23)cc1.N#Cc1ccc([C@H]2C[C@]23C(=O)N(Cc2ccc(C(=O)O)cc2)c2ccccc23)cc1. The predicted octanol–water partition coefficient (Wildman–Crippen LogP) is 8.46. The van der Waals surface area contributed by atoms with E-state index in [-0.39, 0.29) is 34.8 Å². The maximum absolute atomic E-state index is 13.6. The lowest BCUT2D eigenvalue weighted by atomic mass is 9.92. The van der Waals surface area contributed by atoms with Gasteiger partial charge in [0.2, 0.25) is 11.8 Å². The fraction of sp³-hybridized carbons (Fsp3) is 0.160. The van der Waals surface area contributed by atoms with Crippen LogP contribution in [0.2, 0.25) is 0 Å². The van der Waals surface area contributed by atoms with E-state index in [1.54, 1.807) is 72.8 Å². The smallest absolute Gasteiger partial charge is 0.335 e. The number of nitrogens with zero attached hydrogens (tertiary/aromatic N) is 4. The van der Waals surface area contributed by atoms with Crippen LogP contribution in [0.1, 0.15) is 89.9 Å². The van der Waals surface area contributed by atoms with E-state index in [9.17, 15) is 19.2 Å². The summed E-state index contributed by atoms with van der Waals surface area (Å²) in [5.74, 6) is -1.57. The summed E-state index contributed by atoms with van der Waals surface area (Å²) < 4.78 is 0. The van der Waals surface area contributed by atoms with Crippen molar-refractivity contribution in [1.82, 2.24) is 0 Å². The van der Waals surface area contributed by atoms with Crippen molar-refractivity contribution >= 4 is 35.1 Å². The van der Waals surface area contributed by atoms with Crippen molar-refractivity contribution in [2.45, 2.75) is 48.6 Å². The Balaban J connectivity index is 0.000000154. The Morgan fingerprint density at radius 1 is 0.533 bits per heavy atom. The Labute approximate surface area is 345 Å². The molecule has 0 aromatic heterocycles. The molecule has 10 rings (SSSR count). The number of carbonyl (C=O) groups excluding carboxylic acids is 2. The Bertz CT molecular complexity index is 2610. The van der Waals surface area contributed by atoms with E-state index in [4.69, 9.17) is 20.7 Å². The van der Waals surface area contributed by atoms with E-state index < -0.39 is 22.8 Å². The van der Waals surface area contributed by atoms with Crippen molar-refractivity contribution in [1.29, 1.82) is 10.5 Å². The zero-order valence-electron chi connectivity index (χ0n) is 32.2. The van der Waals surface area contributed by atoms with Crippen LogP contribution in [0.15, 0.2) is 146 Å². The average Bonchev–Trinajstić information content (AvgIpc) is 4.19. The Morgan fingerprint density at radius 2 is 0.883 bits per heavy atom. The number of fused-ring (bicyclic) bond motifs is 4. The van der Waals surface area contributed by atoms with Crippen LogP contribution in [-0.4, -0.2) is 34.0 Å². The van der Waals surface area contributed by atoms with Crippen molar-refractivity contribution in [2.75, 3.05) is 9.80 Å². The molecule has 2 heterocycles. The average molecular weight is 789 g/mol. The molecule has 4 atom stereocenters. The lowest BCUT2D eigenvalue weighted by Gasteiger charge is -2.18. The van der Waals surface area contributed by atoms with Crippen LogP contribution in [0.5, 0.6) is 0 Å². The Morgan fingerprint density at radius 3 is 1.22 bits per heavy atom. The topological polar surface area (TPSA) is 163 Å². The second-order valence-corrected chi connectivity index (χ2v) is 15.7. The lowest BCUT2D eigenvalue weighted by molar-refractivity contribution is -0.121. The second kappa shape index (κ2) is 14.5. The lowest BCUT2D eigenvalue weighted by Crippen LogP contribution is -2.32. The maximum Gasteiger partial charge on any atom is 0.335 e. The third kappa shape index (κ3) is 6.18. The molecular formula is C50H36N4O6. The highest BCUT2D eigenvalue weighted by Gasteiger charge is 2.68. The fourth-order valence-electron chi connectivity index (χ4n) is 9.27. The van der Waals surface area contributed by atoms with Gasteiger partial charge in [-0.25, -0.2) is 9.59 Å². The van der Waals surface area contributed by atoms with Crippen molar-refractivity contribution in [3.63, 3.8) is 0 Å². The number of carboxylic acids is 2. The molecule has 2 aliphatic carbocycles. The first-order valence-electron chi connectivity index (χ1n) is 19.6. The van der Waals surface area contributed by atoms with Crippen molar-refractivity contribution in [3.05, 3.63) is 201 Å². The molecular weight excluding hydrogens is 753 g/mol. The van der Waals surface area contributed by atoms with Gasteiger partial charge in [-0.05, 0) is 107 Å². The molecule has 2 aliphatic heterocycles. The minimum Gasteiger partial charge on any atom is -0.478 e. The van der Waals surface area contributed by atoms with Crippen molar-refractivity contribution in [2.24, 2.45) is 0 Å². The zero-order chi connectivity index (χ0) is 41.8. The van der Waals surface area contributed by atoms with Crippen LogP contribution in [0, 0.1) is 22.7 Å². The number of anilines is 2. The first-order chi connectivity index (χ1) is 29.1. The molecule has 2 spiro atoms. The standard InChI is InChI=1S/2C25H18N2O3/c2*26-14-16-5-9-18(10-6-16)21-13-25(21)20-3-1-2-4-22(20)27(24(25)30)15-17-7-11-19(12-8-17)23(28)29/h2*1-12,21H,13,15H2,(H,28,29)/t2*21-,25-/m10/s1. The largest absolute Gasteiger partial charge is 0.478 e. The molecule has 0 radical (unpaired) electrons. The number of para-hydroxylation sites is 2. The van der Waals surface area contributed by atoms with Gasteiger partial charge in [0.15, 0.2) is 0 Å². The number of benzene rings is 6. The summed E-state index contributed by atoms with van der Waals surface area (Å²) in [6.45, 7) is 0.801. The quantitative estimate of drug-likeness (QED) is 0.155. The Hall–Kier alpha value is -7.82. The molecule has 10 nitrogen and oxygen atoms in total. The molecule has 2 amide bonds. The summed E-state index contributed by atoms with van der Waals surface area (Å²) in [5.41, 5.74) is 8.42. The molecule has 0 bridgehead atoms. The van der Waals surface area contributed by atoms with Crippen LogP contribution in [-0.2, 0) is 33.5 Å². The van der Waals surface area contributed by atoms with Gasteiger partial charge in [0.25, 0.3) is 0 Å². The molecule has 60 heavy (non-hydrogen) atoms. The molecule has 6 aromatic rings. The highest BCUT2D eigenvalue weighted by molar-refractivity contribution is 6.12. The van der Waals surface area contributed by atoms with Crippen LogP contribution >= 0.6 is 0 Å². The molecule has 2 fully saturated rings. The van der Waals surface area contributed by atoms with E-state index in [1.807, 2.05) is 82.6 Å². The normalized spacial score (nSPS) is 21.4. The monoisotopic (exact) mass is 788 g/mol. The number of carboxylic acid groups (broad SMARTS) is 2. The van der Waals surface area contributed by atoms with Gasteiger partial charge in [0.1, 0.15) is 0 Å². The molecule has 4 aliphatic rings. The van der Waals surface area contributed by atoms with Gasteiger partial charge in [-0.2, -0.15) is 10.5 Å². The second-order valence-electron chi connectivity index (χ2n) is 15.7. The van der Waals surface area contributed by atoms with Crippen LogP contribution < -0.4 is 9.80 Å². The van der Waals surface area contributed by atoms with E-state index in [1.165, 1.54) is 0 Å². The van der Waals surface area contributed by atoms with Gasteiger partial charge in [0.05, 0.1) is 58.3 Å². The summed E-state index contributed by atoms with van der Waals surface area (Å²) in [7, 11) is 0. The minimum absolute atomic E-state index is 0.0837. The van der Waals surface area contributed by atoms with Crippen LogP contribution in [0.3, 0.4) is 0 Å². The maximum atomic E-state index is 13.6. The number of aromatic carboxylic acids is 2. The summed E-state index contributed by atoms with van der Waals surface area (Å²) in [5, 5.41) is 36.3. The molecule has 6 aromatic carbocycles. The summed E-state index contributed by atoms with van der Waals surface area (Å²) in [4.78, 5) is 53.0. The number of hydrogen-bond donors (Lipinski definition) is 2. The molecule has 2 N–H and O–H groups in total. The first kappa shape index (κ1) is 37.7. The highest BCUT2D eigenvalue weighted by Crippen LogP contribution is 2.67. The van der Waals surface area contributed by atoms with Gasteiger partial charge < -0.3 is 20.0 Å². The molecule has 10 heteroatoms. The number of carbonyl (C=O) groups is 4. The summed E-state index contributed by atoms with van der Waals surface area (Å²) in [6, 6.07) is 48.4. The van der Waals surface area contributed by atoms with Crippen molar-refractivity contribution < 1.29 is 29.4 Å². The van der Waals surface area contributed by atoms with Crippen LogP contribution in [0.4, 0.5) is 11.4 Å². The highest BCUT2D eigenvalue weighted by atomic mass is 16.4. The predicted molar refractivity (Wildman–Crippen MR) is 222 cm³/mol. The van der Waals surface area contributed by atoms with Crippen molar-refractivity contribution in [3.8, 4) is 12.1 Å². The van der Waals surface area contributed by atoms with Gasteiger partial charge >= 0.3 is 11.9 Å². The molecule has 2 saturated carbocycles. The number of amides is 2. The third-order valence-corrected chi connectivity index (χ3v) is 12.5. The summed E-state index contributed by atoms with van der Waals surface area (Å²) in [6.07, 6.45) is 1.51. The minimum atomic E-state index is -0.966.